The van der Waals surface area contributed by atoms with Crippen LogP contribution in [0.4, 0.5) is 28.8 Å². The van der Waals surface area contributed by atoms with Crippen molar-refractivity contribution in [2.75, 3.05) is 23.1 Å². The van der Waals surface area contributed by atoms with Crippen LogP contribution in [-0.2, 0) is 4.79 Å². The van der Waals surface area contributed by atoms with Gasteiger partial charge in [-0.2, -0.15) is 4.98 Å². The van der Waals surface area contributed by atoms with Crippen LogP contribution < -0.4 is 20.7 Å². The fourth-order valence-electron chi connectivity index (χ4n) is 6.61. The first kappa shape index (κ1) is 31.3. The second-order valence-corrected chi connectivity index (χ2v) is 12.4. The average molecular weight is 612 g/mol. The van der Waals surface area contributed by atoms with Gasteiger partial charge < -0.3 is 20.7 Å². The minimum atomic E-state index is -0.259. The van der Waals surface area contributed by atoms with Crippen molar-refractivity contribution in [3.05, 3.63) is 84.0 Å². The zero-order chi connectivity index (χ0) is 31.2. The lowest BCUT2D eigenvalue weighted by Gasteiger charge is -2.38. The number of nitrogens with one attached hydrogen (secondary N) is 3. The molecule has 230 valence electrons. The molecule has 0 spiro atoms. The third-order valence-electron chi connectivity index (χ3n) is 8.98. The van der Waals surface area contributed by atoms with E-state index in [1.807, 2.05) is 30.3 Å². The zero-order valence-corrected chi connectivity index (χ0v) is 26.7. The molecule has 1 aliphatic carbocycles. The van der Waals surface area contributed by atoms with Crippen LogP contribution >= 0.6 is 11.6 Å². The number of hydrogen-bond donors (Lipinski definition) is 3. The molecular weight excluding hydrogens is 570 g/mol. The Morgan fingerprint density at radius 3 is 2.64 bits per heavy atom. The summed E-state index contributed by atoms with van der Waals surface area (Å²) in [6.07, 6.45) is 8.76. The summed E-state index contributed by atoms with van der Waals surface area (Å²) in [5, 5.41) is 12.3. The average Bonchev–Trinajstić information content (AvgIpc) is 3.03. The number of benzene rings is 3. The Morgan fingerprint density at radius 2 is 1.91 bits per heavy atom. The predicted octanol–water partition coefficient (Wildman–Crippen LogP) is 9.86. The molecule has 0 saturated heterocycles. The van der Waals surface area contributed by atoms with E-state index in [1.54, 1.807) is 13.3 Å². The fraction of sp³-hybridized carbons (Fsp3) is 0.361. The maximum atomic E-state index is 12.5. The summed E-state index contributed by atoms with van der Waals surface area (Å²) < 4.78 is 5.86. The molecule has 0 aliphatic heterocycles. The van der Waals surface area contributed by atoms with Gasteiger partial charge >= 0.3 is 0 Å². The standard InChI is InChI=1S/C36H42ClN5O2/c1-6-10-22(3)25-14-16-28(23(4)17-25)29-19-33(44-5)32(20-31(29)40-34(43)7-2)41-36-38-21-30(37)35(42-36)39-27-15-13-24-11-8-9-12-26(24)18-27/h7-9,11-13,15,18-23,25,28H,2,6,10,14,16-17H2,1,3-5H3,(H,40,43)(H2,38,39,41,42). The fourth-order valence-corrected chi connectivity index (χ4v) is 6.75. The van der Waals surface area contributed by atoms with Crippen LogP contribution in [0.25, 0.3) is 10.8 Å². The van der Waals surface area contributed by atoms with E-state index in [1.165, 1.54) is 31.8 Å². The lowest BCUT2D eigenvalue weighted by Crippen LogP contribution is -2.26. The van der Waals surface area contributed by atoms with Crippen molar-refractivity contribution in [1.29, 1.82) is 0 Å². The number of aromatic nitrogens is 2. The Kier molecular flexibility index (Phi) is 10.1. The van der Waals surface area contributed by atoms with E-state index < -0.39 is 0 Å². The molecule has 5 rings (SSSR count). The molecule has 8 heteroatoms. The quantitative estimate of drug-likeness (QED) is 0.146. The van der Waals surface area contributed by atoms with Crippen LogP contribution in [0.5, 0.6) is 5.75 Å². The minimum Gasteiger partial charge on any atom is -0.495 e. The number of methoxy groups -OCH3 is 1. The Hall–Kier alpha value is -4.10. The van der Waals surface area contributed by atoms with Gasteiger partial charge in [-0.15, -0.1) is 0 Å². The van der Waals surface area contributed by atoms with E-state index in [0.29, 0.717) is 40.1 Å². The summed E-state index contributed by atoms with van der Waals surface area (Å²) >= 11 is 6.50. The van der Waals surface area contributed by atoms with Gasteiger partial charge in [0, 0.05) is 11.4 Å². The molecular formula is C36H42ClN5O2. The smallest absolute Gasteiger partial charge is 0.247 e. The maximum Gasteiger partial charge on any atom is 0.247 e. The summed E-state index contributed by atoms with van der Waals surface area (Å²) in [5.41, 5.74) is 3.30. The summed E-state index contributed by atoms with van der Waals surface area (Å²) in [6, 6.07) is 18.2. The van der Waals surface area contributed by atoms with Gasteiger partial charge in [0.2, 0.25) is 11.9 Å². The summed E-state index contributed by atoms with van der Waals surface area (Å²) in [5.74, 6) is 3.42. The number of ether oxygens (including phenoxy) is 1. The van der Waals surface area contributed by atoms with Gasteiger partial charge in [-0.1, -0.05) is 82.1 Å². The van der Waals surface area contributed by atoms with Gasteiger partial charge in [0.05, 0.1) is 19.0 Å². The molecule has 44 heavy (non-hydrogen) atoms. The van der Waals surface area contributed by atoms with Crippen LogP contribution in [0.3, 0.4) is 0 Å². The third kappa shape index (κ3) is 7.16. The highest BCUT2D eigenvalue weighted by molar-refractivity contribution is 6.33. The topological polar surface area (TPSA) is 88.2 Å². The van der Waals surface area contributed by atoms with Gasteiger partial charge in [-0.25, -0.2) is 4.98 Å². The van der Waals surface area contributed by atoms with Gasteiger partial charge in [0.25, 0.3) is 0 Å². The number of hydrogen-bond acceptors (Lipinski definition) is 6. The van der Waals surface area contributed by atoms with Crippen molar-refractivity contribution in [1.82, 2.24) is 9.97 Å². The van der Waals surface area contributed by atoms with Crippen LogP contribution in [0.2, 0.25) is 5.02 Å². The number of anilines is 5. The second-order valence-electron chi connectivity index (χ2n) is 12.0. The van der Waals surface area contributed by atoms with Crippen molar-refractivity contribution in [3.8, 4) is 5.75 Å². The maximum absolute atomic E-state index is 12.5. The van der Waals surface area contributed by atoms with Crippen LogP contribution in [0.1, 0.15) is 64.4 Å². The minimum absolute atomic E-state index is 0.259. The lowest BCUT2D eigenvalue weighted by molar-refractivity contribution is -0.111. The van der Waals surface area contributed by atoms with Gasteiger partial charge in [-0.3, -0.25) is 4.79 Å². The number of carbonyl (C=O) groups excluding carboxylic acids is 1. The molecule has 3 aromatic carbocycles. The molecule has 1 fully saturated rings. The third-order valence-corrected chi connectivity index (χ3v) is 9.25. The Labute approximate surface area is 265 Å². The molecule has 4 unspecified atom stereocenters. The van der Waals surface area contributed by atoms with E-state index >= 15 is 0 Å². The van der Waals surface area contributed by atoms with E-state index in [0.717, 1.165) is 46.0 Å². The van der Waals surface area contributed by atoms with E-state index in [4.69, 9.17) is 16.3 Å². The molecule has 0 radical (unpaired) electrons. The number of amides is 1. The molecule has 3 N–H and O–H groups in total. The van der Waals surface area contributed by atoms with Gasteiger partial charge in [-0.05, 0) is 89.6 Å². The number of halogens is 1. The van der Waals surface area contributed by atoms with E-state index in [9.17, 15) is 4.79 Å². The van der Waals surface area contributed by atoms with E-state index in [-0.39, 0.29) is 5.91 Å². The molecule has 1 aliphatic rings. The normalized spacial score (nSPS) is 18.8. The molecule has 1 aromatic heterocycles. The van der Waals surface area contributed by atoms with E-state index in [2.05, 4.69) is 77.5 Å². The monoisotopic (exact) mass is 611 g/mol. The Bertz CT molecular complexity index is 1640. The molecule has 1 heterocycles. The highest BCUT2D eigenvalue weighted by atomic mass is 35.5. The van der Waals surface area contributed by atoms with Gasteiger partial charge in [0.15, 0.2) is 5.82 Å². The largest absolute Gasteiger partial charge is 0.495 e. The number of carbonyl (C=O) groups is 1. The van der Waals surface area contributed by atoms with Crippen molar-refractivity contribution >= 4 is 57.1 Å². The first-order valence-corrected chi connectivity index (χ1v) is 15.9. The van der Waals surface area contributed by atoms with Crippen LogP contribution in [-0.4, -0.2) is 23.0 Å². The van der Waals surface area contributed by atoms with Crippen molar-refractivity contribution in [3.63, 3.8) is 0 Å². The predicted molar refractivity (Wildman–Crippen MR) is 183 cm³/mol. The molecule has 4 atom stereocenters. The number of nitrogens with zero attached hydrogens (tertiary/aromatic N) is 2. The first-order valence-electron chi connectivity index (χ1n) is 15.5. The molecule has 0 bridgehead atoms. The highest BCUT2D eigenvalue weighted by Gasteiger charge is 2.33. The zero-order valence-electron chi connectivity index (χ0n) is 26.0. The highest BCUT2D eigenvalue weighted by Crippen LogP contribution is 2.47. The Morgan fingerprint density at radius 1 is 1.11 bits per heavy atom. The first-order chi connectivity index (χ1) is 21.3. The molecule has 1 saturated carbocycles. The summed E-state index contributed by atoms with van der Waals surface area (Å²) in [6.45, 7) is 10.6. The lowest BCUT2D eigenvalue weighted by atomic mass is 9.68. The number of fused-ring (bicyclic) bond motifs is 1. The van der Waals surface area contributed by atoms with Gasteiger partial charge in [0.1, 0.15) is 10.8 Å². The summed E-state index contributed by atoms with van der Waals surface area (Å²) in [7, 11) is 1.65. The molecule has 1 amide bonds. The van der Waals surface area contributed by atoms with Crippen molar-refractivity contribution in [2.45, 2.75) is 58.8 Å². The van der Waals surface area contributed by atoms with Crippen molar-refractivity contribution in [2.24, 2.45) is 17.8 Å². The van der Waals surface area contributed by atoms with Crippen molar-refractivity contribution < 1.29 is 9.53 Å². The molecule has 4 aromatic rings. The van der Waals surface area contributed by atoms with Crippen LogP contribution in [0.15, 0.2) is 73.4 Å². The number of rotatable bonds is 11. The second kappa shape index (κ2) is 14.1. The Balaban J connectivity index is 1.43. The van der Waals surface area contributed by atoms with Crippen LogP contribution in [0, 0.1) is 17.8 Å². The summed E-state index contributed by atoms with van der Waals surface area (Å²) in [4.78, 5) is 21.6. The SMILES string of the molecule is C=CC(=O)Nc1cc(Nc2ncc(Cl)c(Nc3ccc4ccccc4c3)n2)c(OC)cc1C1CCC(C(C)CCC)CC1C. The molecule has 7 nitrogen and oxygen atoms in total.